The van der Waals surface area contributed by atoms with Crippen LogP contribution in [-0.4, -0.2) is 22.4 Å². The smallest absolute Gasteiger partial charge is 0.274 e. The Bertz CT molecular complexity index is 716. The van der Waals surface area contributed by atoms with E-state index >= 15 is 0 Å². The summed E-state index contributed by atoms with van der Waals surface area (Å²) in [7, 11) is 0. The van der Waals surface area contributed by atoms with E-state index in [1.165, 1.54) is 0 Å². The third-order valence-electron chi connectivity index (χ3n) is 3.28. The van der Waals surface area contributed by atoms with Gasteiger partial charge in [0.15, 0.2) is 0 Å². The monoisotopic (exact) mass is 332 g/mol. The number of carbonyl (C=O) groups is 1. The molecule has 0 bridgehead atoms. The van der Waals surface area contributed by atoms with Crippen LogP contribution in [0.5, 0.6) is 0 Å². The SMILES string of the molecule is Cc1nc(NCC(C)C)cc(C(=O)Nc2cccc(Cl)c2C)n1. The van der Waals surface area contributed by atoms with Crippen molar-refractivity contribution in [2.45, 2.75) is 27.7 Å². The molecule has 2 rings (SSSR count). The van der Waals surface area contributed by atoms with Gasteiger partial charge in [0.05, 0.1) is 0 Å². The number of rotatable bonds is 5. The van der Waals surface area contributed by atoms with Crippen molar-refractivity contribution < 1.29 is 4.79 Å². The highest BCUT2D eigenvalue weighted by Gasteiger charge is 2.13. The summed E-state index contributed by atoms with van der Waals surface area (Å²) in [5, 5.41) is 6.67. The van der Waals surface area contributed by atoms with Crippen molar-refractivity contribution in [3.8, 4) is 0 Å². The molecule has 0 radical (unpaired) electrons. The van der Waals surface area contributed by atoms with Crippen LogP contribution in [0.15, 0.2) is 24.3 Å². The third-order valence-corrected chi connectivity index (χ3v) is 3.69. The number of anilines is 2. The number of carbonyl (C=O) groups excluding carboxylic acids is 1. The highest BCUT2D eigenvalue weighted by Crippen LogP contribution is 2.23. The molecule has 122 valence electrons. The van der Waals surface area contributed by atoms with Gasteiger partial charge >= 0.3 is 0 Å². The van der Waals surface area contributed by atoms with Crippen molar-refractivity contribution in [2.75, 3.05) is 17.2 Å². The summed E-state index contributed by atoms with van der Waals surface area (Å²) < 4.78 is 0. The van der Waals surface area contributed by atoms with Crippen LogP contribution in [0.25, 0.3) is 0 Å². The fourth-order valence-electron chi connectivity index (χ4n) is 2.01. The van der Waals surface area contributed by atoms with Gasteiger partial charge in [0.1, 0.15) is 17.3 Å². The first-order valence-corrected chi connectivity index (χ1v) is 7.90. The van der Waals surface area contributed by atoms with Crippen LogP contribution in [0.1, 0.15) is 35.7 Å². The molecule has 0 saturated carbocycles. The van der Waals surface area contributed by atoms with Gasteiger partial charge in [0, 0.05) is 23.3 Å². The molecule has 0 aliphatic heterocycles. The van der Waals surface area contributed by atoms with E-state index in [9.17, 15) is 4.79 Å². The van der Waals surface area contributed by atoms with Crippen LogP contribution in [0.3, 0.4) is 0 Å². The number of amides is 1. The molecule has 0 spiro atoms. The molecule has 1 aromatic carbocycles. The molecule has 0 saturated heterocycles. The van der Waals surface area contributed by atoms with Crippen LogP contribution in [0, 0.1) is 19.8 Å². The number of nitrogens with zero attached hydrogens (tertiary/aromatic N) is 2. The molecule has 0 unspecified atom stereocenters. The maximum absolute atomic E-state index is 12.4. The lowest BCUT2D eigenvalue weighted by Crippen LogP contribution is -2.17. The minimum absolute atomic E-state index is 0.284. The molecular weight excluding hydrogens is 312 g/mol. The Morgan fingerprint density at radius 3 is 2.70 bits per heavy atom. The second-order valence-corrected chi connectivity index (χ2v) is 6.23. The van der Waals surface area contributed by atoms with Crippen molar-refractivity contribution in [3.63, 3.8) is 0 Å². The highest BCUT2D eigenvalue weighted by atomic mass is 35.5. The number of aryl methyl sites for hydroxylation is 1. The molecule has 0 fully saturated rings. The molecule has 5 nitrogen and oxygen atoms in total. The third kappa shape index (κ3) is 4.66. The predicted octanol–water partition coefficient (Wildman–Crippen LogP) is 4.07. The van der Waals surface area contributed by atoms with Crippen LogP contribution in [0.4, 0.5) is 11.5 Å². The van der Waals surface area contributed by atoms with Gasteiger partial charge in [-0.05, 0) is 37.5 Å². The normalized spacial score (nSPS) is 10.7. The van der Waals surface area contributed by atoms with E-state index in [4.69, 9.17) is 11.6 Å². The van der Waals surface area contributed by atoms with E-state index in [0.29, 0.717) is 34.0 Å². The van der Waals surface area contributed by atoms with Gasteiger partial charge < -0.3 is 10.6 Å². The zero-order chi connectivity index (χ0) is 17.0. The Morgan fingerprint density at radius 1 is 1.26 bits per heavy atom. The van der Waals surface area contributed by atoms with E-state index < -0.39 is 0 Å². The number of hydrogen-bond donors (Lipinski definition) is 2. The summed E-state index contributed by atoms with van der Waals surface area (Å²) in [6, 6.07) is 7.05. The Labute approximate surface area is 141 Å². The number of hydrogen-bond acceptors (Lipinski definition) is 4. The Kier molecular flexibility index (Phi) is 5.55. The Morgan fingerprint density at radius 2 is 2.00 bits per heavy atom. The molecule has 1 heterocycles. The minimum Gasteiger partial charge on any atom is -0.370 e. The average Bonchev–Trinajstić information content (AvgIpc) is 2.49. The lowest BCUT2D eigenvalue weighted by atomic mass is 10.2. The van der Waals surface area contributed by atoms with Gasteiger partial charge in [-0.25, -0.2) is 9.97 Å². The zero-order valence-corrected chi connectivity index (χ0v) is 14.5. The summed E-state index contributed by atoms with van der Waals surface area (Å²) in [5.41, 5.74) is 1.82. The Hall–Kier alpha value is -2.14. The fraction of sp³-hybridized carbons (Fsp3) is 0.353. The summed E-state index contributed by atoms with van der Waals surface area (Å²) in [5.74, 6) is 1.40. The number of halogens is 1. The van der Waals surface area contributed by atoms with Crippen molar-refractivity contribution in [1.82, 2.24) is 9.97 Å². The second-order valence-electron chi connectivity index (χ2n) is 5.83. The van der Waals surface area contributed by atoms with E-state index in [2.05, 4.69) is 34.4 Å². The molecule has 0 atom stereocenters. The van der Waals surface area contributed by atoms with Gasteiger partial charge in [0.25, 0.3) is 5.91 Å². The van der Waals surface area contributed by atoms with E-state index in [-0.39, 0.29) is 5.91 Å². The summed E-state index contributed by atoms with van der Waals surface area (Å²) in [4.78, 5) is 21.0. The second kappa shape index (κ2) is 7.42. The van der Waals surface area contributed by atoms with Crippen molar-refractivity contribution in [1.29, 1.82) is 0 Å². The van der Waals surface area contributed by atoms with Gasteiger partial charge in [-0.1, -0.05) is 31.5 Å². The first kappa shape index (κ1) is 17.2. The highest BCUT2D eigenvalue weighted by molar-refractivity contribution is 6.31. The maximum atomic E-state index is 12.4. The molecule has 0 aliphatic carbocycles. The van der Waals surface area contributed by atoms with Crippen LogP contribution in [-0.2, 0) is 0 Å². The number of nitrogens with one attached hydrogen (secondary N) is 2. The summed E-state index contributed by atoms with van der Waals surface area (Å²) in [6.45, 7) is 8.62. The first-order valence-electron chi connectivity index (χ1n) is 7.53. The molecule has 2 N–H and O–H groups in total. The van der Waals surface area contributed by atoms with Crippen LogP contribution >= 0.6 is 11.6 Å². The topological polar surface area (TPSA) is 66.9 Å². The van der Waals surface area contributed by atoms with Gasteiger partial charge in [0.2, 0.25) is 0 Å². The zero-order valence-electron chi connectivity index (χ0n) is 13.8. The van der Waals surface area contributed by atoms with Crippen molar-refractivity contribution in [3.05, 3.63) is 46.4 Å². The number of benzene rings is 1. The predicted molar refractivity (Wildman–Crippen MR) is 94.2 cm³/mol. The van der Waals surface area contributed by atoms with Crippen LogP contribution in [0.2, 0.25) is 5.02 Å². The Balaban J connectivity index is 2.20. The first-order chi connectivity index (χ1) is 10.9. The van der Waals surface area contributed by atoms with Crippen molar-refractivity contribution >= 4 is 29.0 Å². The minimum atomic E-state index is -0.284. The summed E-state index contributed by atoms with van der Waals surface area (Å²) in [6.07, 6.45) is 0. The van der Waals surface area contributed by atoms with Gasteiger partial charge in [-0.2, -0.15) is 0 Å². The van der Waals surface area contributed by atoms with Gasteiger partial charge in [-0.15, -0.1) is 0 Å². The summed E-state index contributed by atoms with van der Waals surface area (Å²) >= 11 is 6.08. The average molecular weight is 333 g/mol. The molecule has 1 aromatic heterocycles. The maximum Gasteiger partial charge on any atom is 0.274 e. The quantitative estimate of drug-likeness (QED) is 0.866. The molecule has 6 heteroatoms. The van der Waals surface area contributed by atoms with Crippen LogP contribution < -0.4 is 10.6 Å². The lowest BCUT2D eigenvalue weighted by Gasteiger charge is -2.12. The molecular formula is C17H21ClN4O. The molecule has 0 aliphatic rings. The van der Waals surface area contributed by atoms with E-state index in [1.807, 2.05) is 13.0 Å². The van der Waals surface area contributed by atoms with E-state index in [0.717, 1.165) is 12.1 Å². The number of aromatic nitrogens is 2. The molecule has 23 heavy (non-hydrogen) atoms. The standard InChI is InChI=1S/C17H21ClN4O/c1-10(2)9-19-16-8-15(20-12(4)21-16)17(23)22-14-7-5-6-13(18)11(14)3/h5-8,10H,9H2,1-4H3,(H,22,23)(H,19,20,21). The molecule has 1 amide bonds. The van der Waals surface area contributed by atoms with E-state index in [1.54, 1.807) is 25.1 Å². The van der Waals surface area contributed by atoms with Crippen molar-refractivity contribution in [2.24, 2.45) is 5.92 Å². The lowest BCUT2D eigenvalue weighted by molar-refractivity contribution is 0.102. The van der Waals surface area contributed by atoms with Gasteiger partial charge in [-0.3, -0.25) is 4.79 Å². The fourth-order valence-corrected chi connectivity index (χ4v) is 2.19. The molecule has 2 aromatic rings. The largest absolute Gasteiger partial charge is 0.370 e.